The normalized spacial score (nSPS) is 16.0. The summed E-state index contributed by atoms with van der Waals surface area (Å²) in [5, 5.41) is 17.6. The van der Waals surface area contributed by atoms with E-state index in [1.165, 1.54) is 17.7 Å². The van der Waals surface area contributed by atoms with Crippen molar-refractivity contribution >= 4 is 35.6 Å². The van der Waals surface area contributed by atoms with Crippen LogP contribution in [0.2, 0.25) is 0 Å². The molecule has 30 heavy (non-hydrogen) atoms. The second-order valence-electron chi connectivity index (χ2n) is 7.21. The van der Waals surface area contributed by atoms with Crippen molar-refractivity contribution in [2.24, 2.45) is 10.9 Å². The number of rotatable bonds is 9. The van der Waals surface area contributed by atoms with Crippen molar-refractivity contribution in [3.05, 3.63) is 75.8 Å². The van der Waals surface area contributed by atoms with Gasteiger partial charge in [0.25, 0.3) is 5.69 Å². The first-order valence-electron chi connectivity index (χ1n) is 10.1. The molecule has 0 amide bonds. The van der Waals surface area contributed by atoms with Crippen LogP contribution in [0.3, 0.4) is 0 Å². The topological polar surface area (TPSA) is 88.8 Å². The summed E-state index contributed by atoms with van der Waals surface area (Å²) in [4.78, 5) is 15.1. The standard InChI is InChI=1S/C22H28N4O3.HI/c27-26(28)21-10-8-19(9-11-21)15-24-22(25-16-20-12-14-29-17-20)23-13-4-7-18-5-2-1-3-6-18;/h1-3,5-6,8-11,20H,4,7,12-17H2,(H2,23,24,25);1H. The molecule has 2 aromatic carbocycles. The SMILES string of the molecule is I.O=[N+]([O-])c1ccc(CN=C(NCCCc2ccccc2)NCC2CCOC2)cc1. The molecule has 1 aliphatic rings. The Labute approximate surface area is 194 Å². The summed E-state index contributed by atoms with van der Waals surface area (Å²) in [7, 11) is 0. The van der Waals surface area contributed by atoms with Gasteiger partial charge in [0.05, 0.1) is 18.1 Å². The number of non-ortho nitro benzene ring substituents is 1. The van der Waals surface area contributed by atoms with Gasteiger partial charge in [-0.15, -0.1) is 24.0 Å². The van der Waals surface area contributed by atoms with Crippen molar-refractivity contribution in [3.63, 3.8) is 0 Å². The van der Waals surface area contributed by atoms with E-state index >= 15 is 0 Å². The number of ether oxygens (including phenoxy) is 1. The lowest BCUT2D eigenvalue weighted by atomic mass is 10.1. The molecule has 1 unspecified atom stereocenters. The molecule has 0 aromatic heterocycles. The van der Waals surface area contributed by atoms with Crippen LogP contribution < -0.4 is 10.6 Å². The third-order valence-corrected chi connectivity index (χ3v) is 4.93. The van der Waals surface area contributed by atoms with Crippen LogP contribution >= 0.6 is 24.0 Å². The zero-order chi connectivity index (χ0) is 20.3. The number of nitrogens with one attached hydrogen (secondary N) is 2. The Bertz CT molecular complexity index is 794. The summed E-state index contributed by atoms with van der Waals surface area (Å²) in [5.41, 5.74) is 2.36. The summed E-state index contributed by atoms with van der Waals surface area (Å²) in [6, 6.07) is 17.0. The third kappa shape index (κ3) is 8.27. The van der Waals surface area contributed by atoms with Crippen molar-refractivity contribution in [1.82, 2.24) is 10.6 Å². The van der Waals surface area contributed by atoms with Crippen LogP contribution in [0, 0.1) is 16.0 Å². The first-order chi connectivity index (χ1) is 14.2. The molecule has 1 saturated heterocycles. The number of nitro benzene ring substituents is 1. The zero-order valence-corrected chi connectivity index (χ0v) is 19.3. The van der Waals surface area contributed by atoms with Crippen LogP contribution in [0.1, 0.15) is 24.0 Å². The summed E-state index contributed by atoms with van der Waals surface area (Å²) >= 11 is 0. The van der Waals surface area contributed by atoms with E-state index in [4.69, 9.17) is 4.74 Å². The first-order valence-corrected chi connectivity index (χ1v) is 10.1. The van der Waals surface area contributed by atoms with Gasteiger partial charge in [0.1, 0.15) is 0 Å². The molecule has 162 valence electrons. The number of aryl methyl sites for hydroxylation is 1. The summed E-state index contributed by atoms with van der Waals surface area (Å²) in [6.45, 7) is 3.73. The monoisotopic (exact) mass is 524 g/mol. The number of nitrogens with zero attached hydrogens (tertiary/aromatic N) is 2. The van der Waals surface area contributed by atoms with Gasteiger partial charge in [0, 0.05) is 37.7 Å². The number of benzene rings is 2. The second kappa shape index (κ2) is 13.2. The molecule has 8 heteroatoms. The highest BCUT2D eigenvalue weighted by molar-refractivity contribution is 14.0. The summed E-state index contributed by atoms with van der Waals surface area (Å²) in [5.74, 6) is 1.27. The molecule has 0 spiro atoms. The van der Waals surface area contributed by atoms with E-state index in [1.54, 1.807) is 12.1 Å². The molecule has 3 rings (SSSR count). The number of halogens is 1. The van der Waals surface area contributed by atoms with E-state index in [-0.39, 0.29) is 29.7 Å². The number of hydrogen-bond acceptors (Lipinski definition) is 4. The molecule has 1 atom stereocenters. The van der Waals surface area contributed by atoms with E-state index in [0.717, 1.165) is 57.1 Å². The number of aliphatic imine (C=N–C) groups is 1. The summed E-state index contributed by atoms with van der Waals surface area (Å²) < 4.78 is 5.44. The van der Waals surface area contributed by atoms with Crippen LogP contribution in [0.15, 0.2) is 59.6 Å². The molecule has 0 saturated carbocycles. The molecule has 1 heterocycles. The number of guanidine groups is 1. The minimum Gasteiger partial charge on any atom is -0.381 e. The Kier molecular flexibility index (Phi) is 10.6. The smallest absolute Gasteiger partial charge is 0.269 e. The highest BCUT2D eigenvalue weighted by Gasteiger charge is 2.15. The van der Waals surface area contributed by atoms with E-state index < -0.39 is 4.92 Å². The molecule has 2 N–H and O–H groups in total. The highest BCUT2D eigenvalue weighted by atomic mass is 127. The Morgan fingerprint density at radius 1 is 1.10 bits per heavy atom. The van der Waals surface area contributed by atoms with Gasteiger partial charge in [-0.1, -0.05) is 42.5 Å². The van der Waals surface area contributed by atoms with Crippen molar-refractivity contribution in [1.29, 1.82) is 0 Å². The number of hydrogen-bond donors (Lipinski definition) is 2. The van der Waals surface area contributed by atoms with Gasteiger partial charge in [0.15, 0.2) is 5.96 Å². The van der Waals surface area contributed by atoms with Gasteiger partial charge in [-0.2, -0.15) is 0 Å². The van der Waals surface area contributed by atoms with Gasteiger partial charge in [-0.05, 0) is 30.4 Å². The molecule has 0 bridgehead atoms. The van der Waals surface area contributed by atoms with Gasteiger partial charge >= 0.3 is 0 Å². The Morgan fingerprint density at radius 2 is 1.87 bits per heavy atom. The van der Waals surface area contributed by atoms with E-state index in [0.29, 0.717) is 12.5 Å². The Morgan fingerprint density at radius 3 is 2.53 bits per heavy atom. The minimum absolute atomic E-state index is 0. The van der Waals surface area contributed by atoms with Crippen LogP contribution in [-0.4, -0.2) is 37.2 Å². The molecular weight excluding hydrogens is 495 g/mol. The molecular formula is C22H29IN4O3. The lowest BCUT2D eigenvalue weighted by Gasteiger charge is -2.15. The Hall–Kier alpha value is -2.20. The molecule has 1 fully saturated rings. The first kappa shape index (κ1) is 24.1. The molecule has 1 aliphatic heterocycles. The van der Waals surface area contributed by atoms with Gasteiger partial charge in [-0.3, -0.25) is 10.1 Å². The van der Waals surface area contributed by atoms with Crippen LogP contribution in [-0.2, 0) is 17.7 Å². The lowest BCUT2D eigenvalue weighted by molar-refractivity contribution is -0.384. The lowest BCUT2D eigenvalue weighted by Crippen LogP contribution is -2.40. The second-order valence-corrected chi connectivity index (χ2v) is 7.21. The van der Waals surface area contributed by atoms with E-state index in [2.05, 4.69) is 39.9 Å². The quantitative estimate of drug-likeness (QED) is 0.130. The van der Waals surface area contributed by atoms with Crippen molar-refractivity contribution < 1.29 is 9.66 Å². The third-order valence-electron chi connectivity index (χ3n) is 4.93. The maximum Gasteiger partial charge on any atom is 0.269 e. The Balaban J connectivity index is 0.00000320. The fourth-order valence-electron chi connectivity index (χ4n) is 3.20. The molecule has 2 aromatic rings. The average Bonchev–Trinajstić information content (AvgIpc) is 3.27. The number of nitro groups is 1. The van der Waals surface area contributed by atoms with Crippen LogP contribution in [0.4, 0.5) is 5.69 Å². The predicted octanol–water partition coefficient (Wildman–Crippen LogP) is 3.92. The van der Waals surface area contributed by atoms with Gasteiger partial charge in [0.2, 0.25) is 0 Å². The van der Waals surface area contributed by atoms with Crippen molar-refractivity contribution in [2.45, 2.75) is 25.8 Å². The fraction of sp³-hybridized carbons (Fsp3) is 0.409. The molecule has 0 radical (unpaired) electrons. The fourth-order valence-corrected chi connectivity index (χ4v) is 3.20. The molecule has 0 aliphatic carbocycles. The maximum absolute atomic E-state index is 10.8. The van der Waals surface area contributed by atoms with Gasteiger partial charge in [-0.25, -0.2) is 4.99 Å². The maximum atomic E-state index is 10.8. The molecule has 7 nitrogen and oxygen atoms in total. The van der Waals surface area contributed by atoms with Crippen molar-refractivity contribution in [3.8, 4) is 0 Å². The van der Waals surface area contributed by atoms with E-state index in [1.807, 2.05) is 6.07 Å². The highest BCUT2D eigenvalue weighted by Crippen LogP contribution is 2.13. The minimum atomic E-state index is -0.391. The van der Waals surface area contributed by atoms with Gasteiger partial charge < -0.3 is 15.4 Å². The van der Waals surface area contributed by atoms with E-state index in [9.17, 15) is 10.1 Å². The zero-order valence-electron chi connectivity index (χ0n) is 17.0. The van der Waals surface area contributed by atoms with Crippen LogP contribution in [0.25, 0.3) is 0 Å². The largest absolute Gasteiger partial charge is 0.381 e. The van der Waals surface area contributed by atoms with Crippen LogP contribution in [0.5, 0.6) is 0 Å². The average molecular weight is 524 g/mol. The van der Waals surface area contributed by atoms with Crippen molar-refractivity contribution in [2.75, 3.05) is 26.3 Å². The summed E-state index contributed by atoms with van der Waals surface area (Å²) in [6.07, 6.45) is 3.09. The predicted molar refractivity (Wildman–Crippen MR) is 129 cm³/mol.